The Bertz CT molecular complexity index is 773. The van der Waals surface area contributed by atoms with Gasteiger partial charge in [0.05, 0.1) is 11.5 Å². The number of carbonyl (C=O) groups is 1. The molecule has 2 saturated heterocycles. The molecule has 0 radical (unpaired) electrons. The molecule has 1 aromatic rings. The second-order valence-corrected chi connectivity index (χ2v) is 9.70. The van der Waals surface area contributed by atoms with Crippen molar-refractivity contribution in [1.29, 1.82) is 0 Å². The van der Waals surface area contributed by atoms with Crippen LogP contribution >= 0.6 is 0 Å². The first-order valence-corrected chi connectivity index (χ1v) is 11.2. The number of nitrogens with zero attached hydrogens (tertiary/aromatic N) is 4. The largest absolute Gasteiger partial charge is 0.353 e. The van der Waals surface area contributed by atoms with Crippen molar-refractivity contribution < 1.29 is 13.2 Å². The van der Waals surface area contributed by atoms with Crippen molar-refractivity contribution in [1.82, 2.24) is 14.9 Å². The number of rotatable bonds is 4. The molecule has 0 spiro atoms. The minimum absolute atomic E-state index is 0.0567. The summed E-state index contributed by atoms with van der Waals surface area (Å²) in [6, 6.07) is 1.64. The van der Waals surface area contributed by atoms with E-state index < -0.39 is 9.84 Å². The molecule has 3 heterocycles. The maximum absolute atomic E-state index is 12.9. The third kappa shape index (κ3) is 4.16. The summed E-state index contributed by atoms with van der Waals surface area (Å²) in [5, 5.41) is 0. The van der Waals surface area contributed by atoms with Gasteiger partial charge >= 0.3 is 0 Å². The number of aromatic nitrogens is 2. The van der Waals surface area contributed by atoms with E-state index in [1.807, 2.05) is 16.7 Å². The van der Waals surface area contributed by atoms with Gasteiger partial charge in [0, 0.05) is 31.7 Å². The summed E-state index contributed by atoms with van der Waals surface area (Å²) in [5.74, 6) is 2.15. The van der Waals surface area contributed by atoms with Crippen molar-refractivity contribution >= 4 is 21.6 Å². The van der Waals surface area contributed by atoms with Crippen LogP contribution in [-0.2, 0) is 9.84 Å². The van der Waals surface area contributed by atoms with Gasteiger partial charge in [-0.2, -0.15) is 0 Å². The molecule has 1 atom stereocenters. The molecular weight excluding hydrogens is 352 g/mol. The van der Waals surface area contributed by atoms with Crippen LogP contribution in [0.25, 0.3) is 0 Å². The van der Waals surface area contributed by atoms with Crippen molar-refractivity contribution in [3.05, 3.63) is 17.6 Å². The molecule has 2 fully saturated rings. The molecule has 8 heteroatoms. The summed E-state index contributed by atoms with van der Waals surface area (Å²) in [5.41, 5.74) is 0.404. The molecule has 2 aliphatic heterocycles. The summed E-state index contributed by atoms with van der Waals surface area (Å²) < 4.78 is 23.7. The number of aryl methyl sites for hydroxylation is 1. The minimum Gasteiger partial charge on any atom is -0.353 e. The topological polar surface area (TPSA) is 83.5 Å². The average Bonchev–Trinajstić information content (AvgIpc) is 2.95. The maximum atomic E-state index is 12.9. The zero-order chi connectivity index (χ0) is 18.9. The first kappa shape index (κ1) is 19.1. The molecule has 0 aliphatic carbocycles. The predicted molar refractivity (Wildman–Crippen MR) is 101 cm³/mol. The molecule has 0 bridgehead atoms. The number of hydrogen-bond acceptors (Lipinski definition) is 6. The van der Waals surface area contributed by atoms with Gasteiger partial charge in [-0.15, -0.1) is 0 Å². The number of sulfone groups is 1. The molecule has 144 valence electrons. The van der Waals surface area contributed by atoms with Gasteiger partial charge in [0.2, 0.25) is 0 Å². The van der Waals surface area contributed by atoms with Gasteiger partial charge in [0.1, 0.15) is 17.3 Å². The molecule has 1 amide bonds. The Balaban J connectivity index is 1.83. The normalized spacial score (nSPS) is 23.2. The predicted octanol–water partition coefficient (Wildman–Crippen LogP) is 1.67. The summed E-state index contributed by atoms with van der Waals surface area (Å²) in [4.78, 5) is 25.6. The van der Waals surface area contributed by atoms with Crippen LogP contribution in [0.3, 0.4) is 0 Å². The molecular formula is C18H28N4O3S. The van der Waals surface area contributed by atoms with Crippen LogP contribution in [0.1, 0.15) is 49.4 Å². The number of amides is 1. The SMILES string of the molecule is CCN(c1cc(C(=O)N2CCC(C)CC2)nc(C)n1)C1CCS(=O)(=O)C1. The molecule has 0 N–H and O–H groups in total. The van der Waals surface area contributed by atoms with Crippen LogP contribution in [0.4, 0.5) is 5.82 Å². The lowest BCUT2D eigenvalue weighted by Gasteiger charge is -2.31. The molecule has 0 saturated carbocycles. The Morgan fingerprint density at radius 1 is 1.27 bits per heavy atom. The van der Waals surface area contributed by atoms with Crippen LogP contribution in [0, 0.1) is 12.8 Å². The monoisotopic (exact) mass is 380 g/mol. The number of piperidine rings is 1. The Labute approximate surface area is 155 Å². The molecule has 7 nitrogen and oxygen atoms in total. The van der Waals surface area contributed by atoms with Crippen molar-refractivity contribution in [2.24, 2.45) is 5.92 Å². The van der Waals surface area contributed by atoms with Crippen molar-refractivity contribution in [2.75, 3.05) is 36.0 Å². The summed E-state index contributed by atoms with van der Waals surface area (Å²) in [6.45, 7) is 8.14. The van der Waals surface area contributed by atoms with E-state index in [0.717, 1.165) is 25.9 Å². The molecule has 1 unspecified atom stereocenters. The van der Waals surface area contributed by atoms with Gasteiger partial charge in [0.15, 0.2) is 9.84 Å². The lowest BCUT2D eigenvalue weighted by molar-refractivity contribution is 0.0690. The van der Waals surface area contributed by atoms with Crippen LogP contribution in [0.5, 0.6) is 0 Å². The summed E-state index contributed by atoms with van der Waals surface area (Å²) >= 11 is 0. The molecule has 2 aliphatic rings. The quantitative estimate of drug-likeness (QED) is 0.790. The highest BCUT2D eigenvalue weighted by molar-refractivity contribution is 7.91. The fraction of sp³-hybridized carbons (Fsp3) is 0.722. The van der Waals surface area contributed by atoms with Gasteiger partial charge in [-0.1, -0.05) is 6.92 Å². The van der Waals surface area contributed by atoms with E-state index >= 15 is 0 Å². The molecule has 26 heavy (non-hydrogen) atoms. The van der Waals surface area contributed by atoms with E-state index in [0.29, 0.717) is 36.2 Å². The fourth-order valence-corrected chi connectivity index (χ4v) is 5.54. The summed E-state index contributed by atoms with van der Waals surface area (Å²) in [7, 11) is -2.98. The third-order valence-electron chi connectivity index (χ3n) is 5.40. The van der Waals surface area contributed by atoms with Crippen molar-refractivity contribution in [2.45, 2.75) is 46.1 Å². The zero-order valence-corrected chi connectivity index (χ0v) is 16.6. The Kier molecular flexibility index (Phi) is 5.50. The van der Waals surface area contributed by atoms with Crippen molar-refractivity contribution in [3.8, 4) is 0 Å². The van der Waals surface area contributed by atoms with Crippen LogP contribution in [-0.4, -0.2) is 66.4 Å². The van der Waals surface area contributed by atoms with Gasteiger partial charge < -0.3 is 9.80 Å². The van der Waals surface area contributed by atoms with Crippen LogP contribution < -0.4 is 4.90 Å². The van der Waals surface area contributed by atoms with E-state index in [9.17, 15) is 13.2 Å². The molecule has 1 aromatic heterocycles. The minimum atomic E-state index is -2.98. The molecule has 0 aromatic carbocycles. The van der Waals surface area contributed by atoms with E-state index in [-0.39, 0.29) is 23.5 Å². The fourth-order valence-electron chi connectivity index (χ4n) is 3.81. The second-order valence-electron chi connectivity index (χ2n) is 7.48. The number of carbonyl (C=O) groups excluding carboxylic acids is 1. The smallest absolute Gasteiger partial charge is 0.272 e. The first-order valence-electron chi connectivity index (χ1n) is 9.41. The van der Waals surface area contributed by atoms with Gasteiger partial charge in [-0.05, 0) is 39.0 Å². The van der Waals surface area contributed by atoms with E-state index in [4.69, 9.17) is 0 Å². The third-order valence-corrected chi connectivity index (χ3v) is 7.15. The van der Waals surface area contributed by atoms with E-state index in [1.165, 1.54) is 0 Å². The van der Waals surface area contributed by atoms with Gasteiger partial charge in [-0.3, -0.25) is 4.79 Å². The van der Waals surface area contributed by atoms with E-state index in [1.54, 1.807) is 13.0 Å². The number of hydrogen-bond donors (Lipinski definition) is 0. The highest BCUT2D eigenvalue weighted by atomic mass is 32.2. The standard InChI is InChI=1S/C18H28N4O3S/c1-4-22(15-7-10-26(24,25)12-15)17-11-16(19-14(3)20-17)18(23)21-8-5-13(2)6-9-21/h11,13,15H,4-10,12H2,1-3H3. The van der Waals surface area contributed by atoms with E-state index in [2.05, 4.69) is 16.9 Å². The Hall–Kier alpha value is -1.70. The van der Waals surface area contributed by atoms with Crippen molar-refractivity contribution in [3.63, 3.8) is 0 Å². The first-order chi connectivity index (χ1) is 12.3. The van der Waals surface area contributed by atoms with Gasteiger partial charge in [0.25, 0.3) is 5.91 Å². The highest BCUT2D eigenvalue weighted by Crippen LogP contribution is 2.24. The Morgan fingerprint density at radius 2 is 1.96 bits per heavy atom. The lowest BCUT2D eigenvalue weighted by Crippen LogP contribution is -2.39. The Morgan fingerprint density at radius 3 is 2.54 bits per heavy atom. The number of anilines is 1. The average molecular weight is 381 g/mol. The second kappa shape index (κ2) is 7.50. The highest BCUT2D eigenvalue weighted by Gasteiger charge is 2.33. The number of likely N-dealkylation sites (tertiary alicyclic amines) is 1. The van der Waals surface area contributed by atoms with Crippen LogP contribution in [0.2, 0.25) is 0 Å². The van der Waals surface area contributed by atoms with Gasteiger partial charge in [-0.25, -0.2) is 18.4 Å². The molecule has 3 rings (SSSR count). The van der Waals surface area contributed by atoms with Crippen LogP contribution in [0.15, 0.2) is 6.07 Å². The summed E-state index contributed by atoms with van der Waals surface area (Å²) in [6.07, 6.45) is 2.64. The lowest BCUT2D eigenvalue weighted by atomic mass is 9.99. The zero-order valence-electron chi connectivity index (χ0n) is 15.8. The maximum Gasteiger partial charge on any atom is 0.272 e.